The van der Waals surface area contributed by atoms with Gasteiger partial charge in [-0.15, -0.1) is 0 Å². The first-order chi connectivity index (χ1) is 7.90. The Balaban J connectivity index is 1.65. The summed E-state index contributed by atoms with van der Waals surface area (Å²) in [5.41, 5.74) is 0. The van der Waals surface area contributed by atoms with Gasteiger partial charge in [0, 0.05) is 32.1 Å². The molecule has 1 N–H and O–H groups in total. The fourth-order valence-corrected chi connectivity index (χ4v) is 2.22. The minimum absolute atomic E-state index is 0.334. The van der Waals surface area contributed by atoms with E-state index in [1.807, 2.05) is 6.20 Å². The zero-order valence-corrected chi connectivity index (χ0v) is 9.81. The molecule has 2 heterocycles. The van der Waals surface area contributed by atoms with E-state index in [1.54, 1.807) is 0 Å². The molecule has 0 atom stereocenters. The Kier molecular flexibility index (Phi) is 4.36. The van der Waals surface area contributed by atoms with Gasteiger partial charge in [-0.1, -0.05) is 12.8 Å². The van der Waals surface area contributed by atoms with Gasteiger partial charge in [0.2, 0.25) is 0 Å². The zero-order chi connectivity index (χ0) is 11.2. The van der Waals surface area contributed by atoms with Crippen molar-refractivity contribution in [2.75, 3.05) is 19.7 Å². The highest BCUT2D eigenvalue weighted by Crippen LogP contribution is 2.11. The van der Waals surface area contributed by atoms with Crippen LogP contribution in [0.2, 0.25) is 0 Å². The Bertz CT molecular complexity index is 311. The van der Waals surface area contributed by atoms with Crippen LogP contribution in [0.1, 0.15) is 31.5 Å². The molecule has 90 valence electrons. The summed E-state index contributed by atoms with van der Waals surface area (Å²) in [6.45, 7) is 4.71. The van der Waals surface area contributed by atoms with E-state index < -0.39 is 0 Å². The van der Waals surface area contributed by atoms with Gasteiger partial charge in [0.15, 0.2) is 0 Å². The van der Waals surface area contributed by atoms with E-state index in [9.17, 15) is 0 Å². The molecule has 4 heteroatoms. The number of rotatable bonds is 6. The number of imidazole rings is 1. The lowest BCUT2D eigenvalue weighted by Crippen LogP contribution is -2.34. The summed E-state index contributed by atoms with van der Waals surface area (Å²) in [7, 11) is 0. The molecular weight excluding hydrogens is 202 g/mol. The summed E-state index contributed by atoms with van der Waals surface area (Å²) in [6, 6.07) is 0. The Labute approximate surface area is 96.9 Å². The first-order valence-electron chi connectivity index (χ1n) is 6.23. The lowest BCUT2D eigenvalue weighted by Gasteiger charge is -2.27. The second-order valence-corrected chi connectivity index (χ2v) is 4.45. The summed E-state index contributed by atoms with van der Waals surface area (Å²) >= 11 is 0. The van der Waals surface area contributed by atoms with Gasteiger partial charge in [-0.2, -0.15) is 0 Å². The molecule has 4 nitrogen and oxygen atoms in total. The predicted molar refractivity (Wildman–Crippen MR) is 63.1 cm³/mol. The summed E-state index contributed by atoms with van der Waals surface area (Å²) in [4.78, 5) is 6.83. The molecule has 1 aromatic rings. The molecule has 0 radical (unpaired) electrons. The maximum atomic E-state index is 8.68. The molecule has 0 spiro atoms. The van der Waals surface area contributed by atoms with Gasteiger partial charge in [-0.3, -0.25) is 4.90 Å². The standard InChI is InChI=1S/C12H21N3O/c16-10-4-2-1-3-6-14-8-9-15-7-5-13-12(15)11-14/h5,7,16H,1-4,6,8-11H2. The number of aromatic nitrogens is 2. The number of aliphatic hydroxyl groups excluding tert-OH is 1. The van der Waals surface area contributed by atoms with Gasteiger partial charge in [-0.05, 0) is 19.4 Å². The molecule has 1 aliphatic rings. The third kappa shape index (κ3) is 3.06. The van der Waals surface area contributed by atoms with Crippen molar-refractivity contribution in [1.82, 2.24) is 14.5 Å². The van der Waals surface area contributed by atoms with Crippen LogP contribution in [0, 0.1) is 0 Å². The van der Waals surface area contributed by atoms with E-state index in [2.05, 4.69) is 20.6 Å². The van der Waals surface area contributed by atoms with Crippen LogP contribution in [0.15, 0.2) is 12.4 Å². The van der Waals surface area contributed by atoms with Crippen molar-refractivity contribution in [1.29, 1.82) is 0 Å². The monoisotopic (exact) mass is 223 g/mol. The first-order valence-corrected chi connectivity index (χ1v) is 6.23. The Morgan fingerprint density at radius 2 is 2.06 bits per heavy atom. The molecule has 0 saturated carbocycles. The molecule has 1 aliphatic heterocycles. The molecule has 0 fully saturated rings. The van der Waals surface area contributed by atoms with Crippen molar-refractivity contribution in [3.05, 3.63) is 18.2 Å². The number of fused-ring (bicyclic) bond motifs is 1. The Morgan fingerprint density at radius 3 is 2.94 bits per heavy atom. The molecule has 0 amide bonds. The average molecular weight is 223 g/mol. The van der Waals surface area contributed by atoms with Gasteiger partial charge >= 0.3 is 0 Å². The van der Waals surface area contributed by atoms with Crippen LogP contribution in [-0.4, -0.2) is 39.3 Å². The van der Waals surface area contributed by atoms with Crippen molar-refractivity contribution < 1.29 is 5.11 Å². The van der Waals surface area contributed by atoms with Gasteiger partial charge in [0.1, 0.15) is 5.82 Å². The maximum absolute atomic E-state index is 8.68. The predicted octanol–water partition coefficient (Wildman–Crippen LogP) is 1.25. The summed E-state index contributed by atoms with van der Waals surface area (Å²) < 4.78 is 2.24. The smallest absolute Gasteiger partial charge is 0.122 e. The van der Waals surface area contributed by atoms with Crippen molar-refractivity contribution >= 4 is 0 Å². The highest BCUT2D eigenvalue weighted by atomic mass is 16.2. The van der Waals surface area contributed by atoms with Crippen LogP contribution in [0.4, 0.5) is 0 Å². The van der Waals surface area contributed by atoms with Crippen molar-refractivity contribution in [3.63, 3.8) is 0 Å². The summed E-state index contributed by atoms with van der Waals surface area (Å²) in [6.07, 6.45) is 8.52. The number of aliphatic hydroxyl groups is 1. The third-order valence-corrected chi connectivity index (χ3v) is 3.21. The maximum Gasteiger partial charge on any atom is 0.122 e. The van der Waals surface area contributed by atoms with E-state index in [4.69, 9.17) is 5.11 Å². The van der Waals surface area contributed by atoms with E-state index >= 15 is 0 Å². The quantitative estimate of drug-likeness (QED) is 0.738. The summed E-state index contributed by atoms with van der Waals surface area (Å²) in [5, 5.41) is 8.68. The number of hydrogen-bond donors (Lipinski definition) is 1. The molecule has 16 heavy (non-hydrogen) atoms. The van der Waals surface area contributed by atoms with E-state index in [0.29, 0.717) is 6.61 Å². The molecule has 0 unspecified atom stereocenters. The average Bonchev–Trinajstić information content (AvgIpc) is 2.76. The van der Waals surface area contributed by atoms with Crippen molar-refractivity contribution in [2.24, 2.45) is 0 Å². The Hall–Kier alpha value is -0.870. The molecular formula is C12H21N3O. The van der Waals surface area contributed by atoms with Crippen molar-refractivity contribution in [2.45, 2.75) is 38.8 Å². The molecule has 0 aromatic carbocycles. The van der Waals surface area contributed by atoms with Crippen LogP contribution in [0.3, 0.4) is 0 Å². The normalized spacial score (nSPS) is 16.3. The van der Waals surface area contributed by atoms with E-state index in [1.165, 1.54) is 18.7 Å². The summed E-state index contributed by atoms with van der Waals surface area (Å²) in [5.74, 6) is 1.20. The van der Waals surface area contributed by atoms with Crippen LogP contribution in [0.25, 0.3) is 0 Å². The van der Waals surface area contributed by atoms with Gasteiger partial charge in [0.25, 0.3) is 0 Å². The lowest BCUT2D eigenvalue weighted by atomic mass is 10.2. The van der Waals surface area contributed by atoms with Gasteiger partial charge in [-0.25, -0.2) is 4.98 Å². The van der Waals surface area contributed by atoms with Crippen LogP contribution in [0.5, 0.6) is 0 Å². The van der Waals surface area contributed by atoms with Crippen LogP contribution < -0.4 is 0 Å². The van der Waals surface area contributed by atoms with Crippen LogP contribution in [-0.2, 0) is 13.1 Å². The third-order valence-electron chi connectivity index (χ3n) is 3.21. The highest BCUT2D eigenvalue weighted by molar-refractivity contribution is 4.95. The first kappa shape index (κ1) is 11.6. The molecule has 0 aliphatic carbocycles. The Morgan fingerprint density at radius 1 is 1.19 bits per heavy atom. The number of hydrogen-bond acceptors (Lipinski definition) is 3. The second kappa shape index (κ2) is 6.01. The minimum atomic E-state index is 0.334. The molecule has 0 bridgehead atoms. The van der Waals surface area contributed by atoms with Crippen LogP contribution >= 0.6 is 0 Å². The van der Waals surface area contributed by atoms with E-state index in [-0.39, 0.29) is 0 Å². The SMILES string of the molecule is OCCCCCCN1CCn2ccnc2C1. The number of unbranched alkanes of at least 4 members (excludes halogenated alkanes) is 3. The van der Waals surface area contributed by atoms with Gasteiger partial charge in [0.05, 0.1) is 6.54 Å². The lowest BCUT2D eigenvalue weighted by molar-refractivity contribution is 0.211. The van der Waals surface area contributed by atoms with Gasteiger partial charge < -0.3 is 9.67 Å². The fourth-order valence-electron chi connectivity index (χ4n) is 2.22. The molecule has 1 aromatic heterocycles. The van der Waals surface area contributed by atoms with E-state index in [0.717, 1.165) is 39.0 Å². The largest absolute Gasteiger partial charge is 0.396 e. The fraction of sp³-hybridized carbons (Fsp3) is 0.750. The topological polar surface area (TPSA) is 41.3 Å². The number of nitrogens with zero attached hydrogens (tertiary/aromatic N) is 3. The highest BCUT2D eigenvalue weighted by Gasteiger charge is 2.15. The second-order valence-electron chi connectivity index (χ2n) is 4.45. The minimum Gasteiger partial charge on any atom is -0.396 e. The molecule has 0 saturated heterocycles. The zero-order valence-electron chi connectivity index (χ0n) is 9.81. The van der Waals surface area contributed by atoms with Crippen molar-refractivity contribution in [3.8, 4) is 0 Å². The molecule has 2 rings (SSSR count).